The van der Waals surface area contributed by atoms with Crippen LogP contribution in [0.15, 0.2) is 36.0 Å². The Morgan fingerprint density at radius 1 is 1.10 bits per heavy atom. The van der Waals surface area contributed by atoms with E-state index in [1.54, 1.807) is 21.3 Å². The van der Waals surface area contributed by atoms with E-state index in [2.05, 4.69) is 5.32 Å². The summed E-state index contributed by atoms with van der Waals surface area (Å²) in [7, 11) is 4.08. The van der Waals surface area contributed by atoms with E-state index in [1.807, 2.05) is 49.2 Å². The lowest BCUT2D eigenvalue weighted by atomic mass is 10.2. The van der Waals surface area contributed by atoms with Crippen molar-refractivity contribution in [1.82, 2.24) is 5.32 Å². The fraction of sp³-hybridized carbons (Fsp3) is 0.429. The zero-order chi connectivity index (χ0) is 15.3. The van der Waals surface area contributed by atoms with Crippen LogP contribution in [0.1, 0.15) is 5.56 Å². The number of benzene rings is 1. The summed E-state index contributed by atoms with van der Waals surface area (Å²) in [6.07, 6.45) is 1.95. The second-order valence-electron chi connectivity index (χ2n) is 3.85. The number of likely N-dealkylation sites (N-methyl/N-ethyl adjacent to an activating group) is 1. The largest absolute Gasteiger partial charge is 0.528 e. The van der Waals surface area contributed by atoms with Crippen LogP contribution in [0.2, 0.25) is 0 Å². The minimum absolute atomic E-state index is 0.733. The van der Waals surface area contributed by atoms with E-state index >= 15 is 0 Å². The molecular weight excluding hydrogens is 272 g/mol. The standard InChI is InChI=1S/C11H16O3Si.C3H10N2/c1-12-15(13-2,14-3)10-9-11-7-5-4-6-8-11;1-5-3-2-4/h4-10H,1-3H3;5H,2-4H2,1H3. The third-order valence-electron chi connectivity index (χ3n) is 2.53. The summed E-state index contributed by atoms with van der Waals surface area (Å²) in [5.41, 5.74) is 8.04. The Kier molecular flexibility index (Phi) is 11.2. The monoisotopic (exact) mass is 298 g/mol. The summed E-state index contributed by atoms with van der Waals surface area (Å²) < 4.78 is 15.8. The molecule has 0 amide bonds. The second kappa shape index (κ2) is 11.8. The van der Waals surface area contributed by atoms with E-state index in [4.69, 9.17) is 19.0 Å². The van der Waals surface area contributed by atoms with Crippen LogP contribution < -0.4 is 11.1 Å². The first-order chi connectivity index (χ1) is 9.67. The predicted molar refractivity (Wildman–Crippen MR) is 85.2 cm³/mol. The van der Waals surface area contributed by atoms with Gasteiger partial charge in [0.15, 0.2) is 0 Å². The molecule has 0 bridgehead atoms. The van der Waals surface area contributed by atoms with Crippen LogP contribution in [-0.2, 0) is 13.3 Å². The summed E-state index contributed by atoms with van der Waals surface area (Å²) >= 11 is 0. The molecule has 0 saturated carbocycles. The van der Waals surface area contributed by atoms with E-state index in [0.717, 1.165) is 18.7 Å². The predicted octanol–water partition coefficient (Wildman–Crippen LogP) is 1.28. The number of rotatable bonds is 7. The molecule has 0 aromatic heterocycles. The molecule has 20 heavy (non-hydrogen) atoms. The molecule has 5 nitrogen and oxygen atoms in total. The summed E-state index contributed by atoms with van der Waals surface area (Å²) in [4.78, 5) is 0. The molecule has 6 heteroatoms. The SMILES string of the molecule is CNCCN.CO[Si](C=Cc1ccccc1)(OC)OC. The van der Waals surface area contributed by atoms with Gasteiger partial charge in [0.25, 0.3) is 0 Å². The van der Waals surface area contributed by atoms with Crippen LogP contribution in [0, 0.1) is 0 Å². The van der Waals surface area contributed by atoms with Gasteiger partial charge in [0.2, 0.25) is 0 Å². The van der Waals surface area contributed by atoms with Crippen molar-refractivity contribution >= 4 is 14.9 Å². The molecule has 0 aliphatic rings. The maximum absolute atomic E-state index is 5.27. The number of nitrogens with two attached hydrogens (primary N) is 1. The van der Waals surface area contributed by atoms with Gasteiger partial charge in [-0.2, -0.15) is 0 Å². The topological polar surface area (TPSA) is 65.7 Å². The first kappa shape index (κ1) is 19.0. The van der Waals surface area contributed by atoms with Gasteiger partial charge < -0.3 is 24.3 Å². The maximum Gasteiger partial charge on any atom is 0.528 e. The molecule has 0 unspecified atom stereocenters. The average molecular weight is 298 g/mol. The highest BCUT2D eigenvalue weighted by atomic mass is 28.4. The fourth-order valence-corrected chi connectivity index (χ4v) is 2.67. The number of hydrogen-bond acceptors (Lipinski definition) is 5. The Morgan fingerprint density at radius 3 is 2.00 bits per heavy atom. The third-order valence-corrected chi connectivity index (χ3v) is 4.81. The van der Waals surface area contributed by atoms with Crippen LogP contribution in [0.4, 0.5) is 0 Å². The third kappa shape index (κ3) is 7.54. The van der Waals surface area contributed by atoms with Crippen LogP contribution >= 0.6 is 0 Å². The molecule has 0 saturated heterocycles. The molecule has 114 valence electrons. The highest BCUT2D eigenvalue weighted by Gasteiger charge is 2.34. The zero-order valence-electron chi connectivity index (χ0n) is 12.8. The van der Waals surface area contributed by atoms with Crippen LogP contribution in [0.5, 0.6) is 0 Å². The van der Waals surface area contributed by atoms with Crippen molar-refractivity contribution in [3.63, 3.8) is 0 Å². The van der Waals surface area contributed by atoms with Gasteiger partial charge in [0.05, 0.1) is 0 Å². The fourth-order valence-electron chi connectivity index (χ4n) is 1.36. The molecule has 0 aliphatic carbocycles. The molecule has 0 spiro atoms. The van der Waals surface area contributed by atoms with Crippen molar-refractivity contribution in [3.05, 3.63) is 41.6 Å². The van der Waals surface area contributed by atoms with E-state index < -0.39 is 8.80 Å². The lowest BCUT2D eigenvalue weighted by Gasteiger charge is -2.20. The smallest absolute Gasteiger partial charge is 0.374 e. The lowest BCUT2D eigenvalue weighted by molar-refractivity contribution is 0.139. The van der Waals surface area contributed by atoms with Gasteiger partial charge in [-0.15, -0.1) is 0 Å². The van der Waals surface area contributed by atoms with E-state index in [9.17, 15) is 0 Å². The van der Waals surface area contributed by atoms with Gasteiger partial charge in [-0.25, -0.2) is 0 Å². The Labute approximate surface area is 123 Å². The normalized spacial score (nSPS) is 11.2. The molecule has 0 fully saturated rings. The van der Waals surface area contributed by atoms with Crippen LogP contribution in [0.25, 0.3) is 6.08 Å². The first-order valence-electron chi connectivity index (χ1n) is 6.42. The summed E-state index contributed by atoms with van der Waals surface area (Å²) in [6, 6.07) is 9.96. The van der Waals surface area contributed by atoms with Crippen molar-refractivity contribution in [2.24, 2.45) is 5.73 Å². The van der Waals surface area contributed by atoms with Crippen molar-refractivity contribution in [1.29, 1.82) is 0 Å². The second-order valence-corrected chi connectivity index (χ2v) is 6.62. The van der Waals surface area contributed by atoms with Crippen molar-refractivity contribution in [2.75, 3.05) is 41.5 Å². The van der Waals surface area contributed by atoms with Gasteiger partial charge in [-0.3, -0.25) is 0 Å². The Hall–Kier alpha value is -1.02. The molecule has 0 heterocycles. The van der Waals surface area contributed by atoms with Gasteiger partial charge in [-0.1, -0.05) is 36.4 Å². The summed E-state index contributed by atoms with van der Waals surface area (Å²) in [5, 5.41) is 2.89. The Balaban J connectivity index is 0.000000621. The quantitative estimate of drug-likeness (QED) is 0.742. The first-order valence-corrected chi connectivity index (χ1v) is 8.22. The minimum atomic E-state index is -2.58. The summed E-state index contributed by atoms with van der Waals surface area (Å²) in [6.45, 7) is 1.65. The molecule has 1 aromatic rings. The van der Waals surface area contributed by atoms with Gasteiger partial charge >= 0.3 is 8.80 Å². The number of nitrogens with one attached hydrogen (secondary N) is 1. The number of hydrogen-bond donors (Lipinski definition) is 2. The highest BCUT2D eigenvalue weighted by molar-refractivity contribution is 6.66. The minimum Gasteiger partial charge on any atom is -0.374 e. The molecule has 3 N–H and O–H groups in total. The molecule has 0 aliphatic heterocycles. The molecular formula is C14H26N2O3Si. The van der Waals surface area contributed by atoms with Gasteiger partial charge in [-0.05, 0) is 18.3 Å². The van der Waals surface area contributed by atoms with Crippen molar-refractivity contribution in [2.45, 2.75) is 0 Å². The molecule has 1 rings (SSSR count). The van der Waals surface area contributed by atoms with Crippen molar-refractivity contribution in [3.8, 4) is 0 Å². The van der Waals surface area contributed by atoms with Gasteiger partial charge in [0, 0.05) is 34.4 Å². The van der Waals surface area contributed by atoms with E-state index in [0.29, 0.717) is 0 Å². The van der Waals surface area contributed by atoms with Crippen molar-refractivity contribution < 1.29 is 13.3 Å². The Morgan fingerprint density at radius 2 is 1.65 bits per heavy atom. The summed E-state index contributed by atoms with van der Waals surface area (Å²) in [5.74, 6) is 0. The van der Waals surface area contributed by atoms with Crippen LogP contribution in [0.3, 0.4) is 0 Å². The Bertz CT molecular complexity index is 346. The van der Waals surface area contributed by atoms with Gasteiger partial charge in [0.1, 0.15) is 0 Å². The highest BCUT2D eigenvalue weighted by Crippen LogP contribution is 2.10. The maximum atomic E-state index is 5.27. The molecule has 0 atom stereocenters. The lowest BCUT2D eigenvalue weighted by Crippen LogP contribution is -2.40. The molecule has 0 radical (unpaired) electrons. The average Bonchev–Trinajstić information content (AvgIpc) is 2.52. The zero-order valence-corrected chi connectivity index (χ0v) is 13.8. The molecule has 1 aromatic carbocycles. The van der Waals surface area contributed by atoms with E-state index in [1.165, 1.54) is 0 Å². The van der Waals surface area contributed by atoms with E-state index in [-0.39, 0.29) is 0 Å². The van der Waals surface area contributed by atoms with Crippen LogP contribution in [-0.4, -0.2) is 50.3 Å².